The van der Waals surface area contributed by atoms with Crippen LogP contribution in [0, 0.1) is 0 Å². The molecule has 22 heavy (non-hydrogen) atoms. The maximum atomic E-state index is 12.1. The molecule has 2 amide bonds. The lowest BCUT2D eigenvalue weighted by Gasteiger charge is -2.29. The highest BCUT2D eigenvalue weighted by Crippen LogP contribution is 2.20. The fourth-order valence-electron chi connectivity index (χ4n) is 2.24. The number of hydrogen-bond acceptors (Lipinski definition) is 4. The van der Waals surface area contributed by atoms with Gasteiger partial charge in [0.05, 0.1) is 0 Å². The number of rotatable bonds is 5. The number of phenols is 1. The molecule has 2 rings (SSSR count). The summed E-state index contributed by atoms with van der Waals surface area (Å²) < 4.78 is 0. The molecule has 118 valence electrons. The van der Waals surface area contributed by atoms with Crippen molar-refractivity contribution in [2.24, 2.45) is 16.5 Å². The number of carbonyl (C=O) groups excluding carboxylic acids is 2. The van der Waals surface area contributed by atoms with Gasteiger partial charge in [-0.3, -0.25) is 14.6 Å². The summed E-state index contributed by atoms with van der Waals surface area (Å²) in [6, 6.07) is 4.79. The van der Waals surface area contributed by atoms with Crippen molar-refractivity contribution in [1.29, 1.82) is 0 Å². The lowest BCUT2D eigenvalue weighted by Crippen LogP contribution is -2.57. The highest BCUT2D eigenvalue weighted by atomic mass is 16.3. The highest BCUT2D eigenvalue weighted by molar-refractivity contribution is 5.97. The molecule has 1 fully saturated rings. The molecule has 1 aromatic rings. The molecule has 0 saturated carbocycles. The van der Waals surface area contributed by atoms with E-state index >= 15 is 0 Å². The van der Waals surface area contributed by atoms with Crippen LogP contribution in [0.1, 0.15) is 24.4 Å². The molecule has 1 aliphatic rings. The van der Waals surface area contributed by atoms with Crippen molar-refractivity contribution in [3.8, 4) is 5.75 Å². The average Bonchev–Trinajstić information content (AvgIpc) is 2.47. The fourth-order valence-corrected chi connectivity index (χ4v) is 2.24. The standard InChI is InChI=1S/C14H19N5O3/c15-14(16)17-7-1-2-10-12(21)19-11(13(22)18-10)8-3-5-9(20)6-4-8/h3-6,10-11,20H,1-2,7H2,(H,18,22)(H,19,21)(H4,15,16,17). The van der Waals surface area contributed by atoms with Crippen LogP contribution >= 0.6 is 0 Å². The monoisotopic (exact) mass is 305 g/mol. The number of aliphatic imine (C=N–C) groups is 1. The van der Waals surface area contributed by atoms with Gasteiger partial charge in [-0.05, 0) is 30.5 Å². The van der Waals surface area contributed by atoms with Gasteiger partial charge in [0.25, 0.3) is 0 Å². The number of phenolic OH excluding ortho intramolecular Hbond substituents is 1. The summed E-state index contributed by atoms with van der Waals surface area (Å²) in [6.45, 7) is 0.406. The van der Waals surface area contributed by atoms with Gasteiger partial charge in [0.1, 0.15) is 17.8 Å². The summed E-state index contributed by atoms with van der Waals surface area (Å²) in [5, 5.41) is 14.6. The van der Waals surface area contributed by atoms with Crippen LogP contribution in [0.25, 0.3) is 0 Å². The largest absolute Gasteiger partial charge is 0.508 e. The average molecular weight is 305 g/mol. The molecule has 1 aromatic carbocycles. The molecule has 0 radical (unpaired) electrons. The zero-order chi connectivity index (χ0) is 16.1. The molecule has 0 bridgehead atoms. The molecule has 0 aromatic heterocycles. The van der Waals surface area contributed by atoms with Gasteiger partial charge in [-0.15, -0.1) is 0 Å². The summed E-state index contributed by atoms with van der Waals surface area (Å²) in [6.07, 6.45) is 1.04. The maximum absolute atomic E-state index is 12.1. The van der Waals surface area contributed by atoms with Gasteiger partial charge in [0.15, 0.2) is 5.96 Å². The topological polar surface area (TPSA) is 143 Å². The van der Waals surface area contributed by atoms with E-state index in [0.717, 1.165) is 0 Å². The number of aromatic hydroxyl groups is 1. The normalized spacial score (nSPS) is 20.9. The Morgan fingerprint density at radius 3 is 2.45 bits per heavy atom. The predicted octanol–water partition coefficient (Wildman–Crippen LogP) is -0.898. The second kappa shape index (κ2) is 6.79. The van der Waals surface area contributed by atoms with Gasteiger partial charge >= 0.3 is 0 Å². The predicted molar refractivity (Wildman–Crippen MR) is 80.8 cm³/mol. The van der Waals surface area contributed by atoms with Crippen LogP contribution < -0.4 is 22.1 Å². The third-order valence-corrected chi connectivity index (χ3v) is 3.35. The fraction of sp³-hybridized carbons (Fsp3) is 0.357. The Morgan fingerprint density at radius 2 is 1.82 bits per heavy atom. The first-order valence-corrected chi connectivity index (χ1v) is 6.92. The lowest BCUT2D eigenvalue weighted by molar-refractivity contribution is -0.137. The number of piperazine rings is 1. The van der Waals surface area contributed by atoms with Crippen LogP contribution in [0.2, 0.25) is 0 Å². The Balaban J connectivity index is 1.94. The van der Waals surface area contributed by atoms with Gasteiger partial charge in [-0.1, -0.05) is 12.1 Å². The number of carbonyl (C=O) groups is 2. The summed E-state index contributed by atoms with van der Waals surface area (Å²) in [5.74, 6) is -0.423. The number of nitrogens with two attached hydrogens (primary N) is 2. The van der Waals surface area contributed by atoms with E-state index in [1.165, 1.54) is 12.1 Å². The Hall–Kier alpha value is -2.77. The number of amides is 2. The van der Waals surface area contributed by atoms with E-state index in [-0.39, 0.29) is 23.5 Å². The molecule has 8 nitrogen and oxygen atoms in total. The number of nitrogens with zero attached hydrogens (tertiary/aromatic N) is 1. The molecule has 0 aliphatic carbocycles. The van der Waals surface area contributed by atoms with Gasteiger partial charge < -0.3 is 27.2 Å². The van der Waals surface area contributed by atoms with Crippen molar-refractivity contribution >= 4 is 17.8 Å². The molecule has 0 spiro atoms. The Bertz CT molecular complexity index is 581. The van der Waals surface area contributed by atoms with Crippen molar-refractivity contribution in [3.05, 3.63) is 29.8 Å². The first-order valence-electron chi connectivity index (χ1n) is 6.92. The first-order chi connectivity index (χ1) is 10.5. The SMILES string of the molecule is NC(N)=NCCCC1NC(=O)C(c2ccc(O)cc2)NC1=O. The third-order valence-electron chi connectivity index (χ3n) is 3.35. The van der Waals surface area contributed by atoms with Crippen molar-refractivity contribution in [2.75, 3.05) is 6.54 Å². The van der Waals surface area contributed by atoms with Gasteiger partial charge in [0, 0.05) is 6.54 Å². The van der Waals surface area contributed by atoms with Crippen LogP contribution in [0.5, 0.6) is 5.75 Å². The second-order valence-corrected chi connectivity index (χ2v) is 5.04. The van der Waals surface area contributed by atoms with E-state index in [0.29, 0.717) is 24.9 Å². The van der Waals surface area contributed by atoms with Crippen LogP contribution in [0.15, 0.2) is 29.3 Å². The summed E-state index contributed by atoms with van der Waals surface area (Å²) in [7, 11) is 0. The minimum atomic E-state index is -0.748. The number of benzene rings is 1. The number of hydrogen-bond donors (Lipinski definition) is 5. The zero-order valence-corrected chi connectivity index (χ0v) is 12.0. The molecule has 1 saturated heterocycles. The molecule has 2 unspecified atom stereocenters. The van der Waals surface area contributed by atoms with E-state index in [4.69, 9.17) is 11.5 Å². The van der Waals surface area contributed by atoms with E-state index < -0.39 is 12.1 Å². The molecule has 2 atom stereocenters. The number of nitrogens with one attached hydrogen (secondary N) is 2. The van der Waals surface area contributed by atoms with E-state index in [2.05, 4.69) is 15.6 Å². The Morgan fingerprint density at radius 1 is 1.14 bits per heavy atom. The van der Waals surface area contributed by atoms with Gasteiger partial charge in [-0.2, -0.15) is 0 Å². The van der Waals surface area contributed by atoms with E-state index in [9.17, 15) is 14.7 Å². The molecule has 1 aliphatic heterocycles. The molecular weight excluding hydrogens is 286 g/mol. The second-order valence-electron chi connectivity index (χ2n) is 5.04. The smallest absolute Gasteiger partial charge is 0.247 e. The van der Waals surface area contributed by atoms with Crippen molar-refractivity contribution in [3.63, 3.8) is 0 Å². The molecule has 1 heterocycles. The third kappa shape index (κ3) is 3.87. The van der Waals surface area contributed by atoms with Crippen molar-refractivity contribution < 1.29 is 14.7 Å². The molecule has 8 heteroatoms. The van der Waals surface area contributed by atoms with Crippen LogP contribution in [0.3, 0.4) is 0 Å². The zero-order valence-electron chi connectivity index (χ0n) is 12.0. The van der Waals surface area contributed by atoms with E-state index in [1.54, 1.807) is 12.1 Å². The Labute approximate surface area is 127 Å². The Kier molecular flexibility index (Phi) is 4.82. The molecule has 7 N–H and O–H groups in total. The highest BCUT2D eigenvalue weighted by Gasteiger charge is 2.33. The van der Waals surface area contributed by atoms with Crippen molar-refractivity contribution in [2.45, 2.75) is 24.9 Å². The van der Waals surface area contributed by atoms with Crippen LogP contribution in [-0.4, -0.2) is 35.5 Å². The van der Waals surface area contributed by atoms with Gasteiger partial charge in [0.2, 0.25) is 11.8 Å². The first kappa shape index (κ1) is 15.6. The van der Waals surface area contributed by atoms with Crippen LogP contribution in [0.4, 0.5) is 0 Å². The molecular formula is C14H19N5O3. The lowest BCUT2D eigenvalue weighted by atomic mass is 10.00. The van der Waals surface area contributed by atoms with Crippen LogP contribution in [-0.2, 0) is 9.59 Å². The minimum absolute atomic E-state index is 0.00419. The quantitative estimate of drug-likeness (QED) is 0.272. The number of guanidine groups is 1. The summed E-state index contributed by atoms with van der Waals surface area (Å²) >= 11 is 0. The van der Waals surface area contributed by atoms with E-state index in [1.807, 2.05) is 0 Å². The minimum Gasteiger partial charge on any atom is -0.508 e. The maximum Gasteiger partial charge on any atom is 0.247 e. The summed E-state index contributed by atoms with van der Waals surface area (Å²) in [5.41, 5.74) is 11.0. The van der Waals surface area contributed by atoms with Gasteiger partial charge in [-0.25, -0.2) is 0 Å². The summed E-state index contributed by atoms with van der Waals surface area (Å²) in [4.78, 5) is 28.0. The van der Waals surface area contributed by atoms with Crippen molar-refractivity contribution in [1.82, 2.24) is 10.6 Å².